The van der Waals surface area contributed by atoms with E-state index in [0.717, 1.165) is 22.5 Å². The lowest BCUT2D eigenvalue weighted by Crippen LogP contribution is -2.14. The van der Waals surface area contributed by atoms with Crippen LogP contribution in [-0.2, 0) is 11.2 Å². The highest BCUT2D eigenvalue weighted by molar-refractivity contribution is 5.91. The van der Waals surface area contributed by atoms with Gasteiger partial charge in [-0.15, -0.1) is 0 Å². The topological polar surface area (TPSA) is 66.8 Å². The predicted octanol–water partition coefficient (Wildman–Crippen LogP) is 4.29. The molecule has 0 saturated heterocycles. The Balaban J connectivity index is 2.61. The van der Waals surface area contributed by atoms with Crippen molar-refractivity contribution in [2.75, 3.05) is 7.11 Å². The van der Waals surface area contributed by atoms with Crippen LogP contribution < -0.4 is 0 Å². The van der Waals surface area contributed by atoms with E-state index in [1.54, 1.807) is 32.2 Å². The molecule has 0 bridgehead atoms. The first-order chi connectivity index (χ1) is 12.3. The highest BCUT2D eigenvalue weighted by Crippen LogP contribution is 2.29. The maximum absolute atomic E-state index is 11.6. The third-order valence-corrected chi connectivity index (χ3v) is 4.33. The zero-order valence-electron chi connectivity index (χ0n) is 15.3. The Hall–Kier alpha value is -2.85. The molecule has 4 heteroatoms. The van der Waals surface area contributed by atoms with Crippen molar-refractivity contribution in [3.05, 3.63) is 88.7 Å². The lowest BCUT2D eigenvalue weighted by molar-refractivity contribution is 0.0695. The van der Waals surface area contributed by atoms with E-state index in [-0.39, 0.29) is 12.0 Å². The third-order valence-electron chi connectivity index (χ3n) is 4.33. The summed E-state index contributed by atoms with van der Waals surface area (Å²) in [6.07, 6.45) is -0.602. The number of rotatable bonds is 7. The second-order valence-corrected chi connectivity index (χ2v) is 6.24. The first-order valence-electron chi connectivity index (χ1n) is 8.35. The molecule has 2 rings (SSSR count). The lowest BCUT2D eigenvalue weighted by atomic mass is 9.91. The Kier molecular flexibility index (Phi) is 6.36. The van der Waals surface area contributed by atoms with Crippen molar-refractivity contribution >= 4 is 11.5 Å². The molecule has 0 aliphatic heterocycles. The number of methoxy groups -OCH3 is 1. The van der Waals surface area contributed by atoms with E-state index < -0.39 is 12.1 Å². The van der Waals surface area contributed by atoms with Gasteiger partial charge in [-0.25, -0.2) is 4.79 Å². The van der Waals surface area contributed by atoms with Crippen LogP contribution in [-0.4, -0.2) is 29.4 Å². The van der Waals surface area contributed by atoms with E-state index in [1.807, 2.05) is 37.3 Å². The summed E-state index contributed by atoms with van der Waals surface area (Å²) in [5.74, 6) is -0.292. The van der Waals surface area contributed by atoms with Gasteiger partial charge in [0.2, 0.25) is 0 Å². The zero-order valence-corrected chi connectivity index (χ0v) is 15.3. The fraction of sp³-hybridized carbons (Fsp3) is 0.227. The summed E-state index contributed by atoms with van der Waals surface area (Å²) in [5, 5.41) is 19.6. The summed E-state index contributed by atoms with van der Waals surface area (Å²) in [6, 6.07) is 14.9. The van der Waals surface area contributed by atoms with Crippen LogP contribution in [0, 0.1) is 0 Å². The Bertz CT molecular complexity index is 834. The summed E-state index contributed by atoms with van der Waals surface area (Å²) in [6.45, 7) is 7.34. The molecular weight excluding hydrogens is 328 g/mol. The van der Waals surface area contributed by atoms with Crippen molar-refractivity contribution in [2.45, 2.75) is 26.4 Å². The van der Waals surface area contributed by atoms with Crippen molar-refractivity contribution in [3.8, 4) is 0 Å². The number of aromatic carboxylic acids is 1. The molecule has 0 aliphatic rings. The van der Waals surface area contributed by atoms with Gasteiger partial charge in [-0.1, -0.05) is 54.6 Å². The van der Waals surface area contributed by atoms with E-state index in [9.17, 15) is 15.0 Å². The van der Waals surface area contributed by atoms with E-state index in [0.29, 0.717) is 11.1 Å². The molecule has 0 radical (unpaired) electrons. The number of hydrogen-bond donors (Lipinski definition) is 2. The quantitative estimate of drug-likeness (QED) is 0.576. The van der Waals surface area contributed by atoms with Crippen LogP contribution in [0.1, 0.15) is 40.9 Å². The Labute approximate surface area is 154 Å². The minimum atomic E-state index is -1.02. The molecule has 1 atom stereocenters. The predicted molar refractivity (Wildman–Crippen MR) is 103 cm³/mol. The lowest BCUT2D eigenvalue weighted by Gasteiger charge is -2.17. The van der Waals surface area contributed by atoms with Gasteiger partial charge in [0.1, 0.15) is 5.76 Å². The maximum Gasteiger partial charge on any atom is 0.335 e. The monoisotopic (exact) mass is 352 g/mol. The normalized spacial score (nSPS) is 12.9. The average Bonchev–Trinajstić information content (AvgIpc) is 2.62. The molecule has 0 amide bonds. The fourth-order valence-corrected chi connectivity index (χ4v) is 2.79. The molecular formula is C22H24O4. The van der Waals surface area contributed by atoms with Gasteiger partial charge in [-0.2, -0.15) is 0 Å². The van der Waals surface area contributed by atoms with Gasteiger partial charge in [0.05, 0.1) is 18.8 Å². The molecule has 4 nitrogen and oxygen atoms in total. The van der Waals surface area contributed by atoms with Crippen molar-refractivity contribution in [1.29, 1.82) is 0 Å². The van der Waals surface area contributed by atoms with Crippen LogP contribution in [0.5, 0.6) is 0 Å². The SMILES string of the molecule is C=C(C)C(O)Cc1cc(/C(=C(\C)OC)c2ccccc2)ccc1C(=O)O. The number of carbonyl (C=O) groups is 1. The van der Waals surface area contributed by atoms with Crippen molar-refractivity contribution in [3.63, 3.8) is 0 Å². The molecule has 0 spiro atoms. The summed E-state index contributed by atoms with van der Waals surface area (Å²) in [7, 11) is 1.61. The van der Waals surface area contributed by atoms with Gasteiger partial charge in [0.25, 0.3) is 0 Å². The molecule has 0 aliphatic carbocycles. The van der Waals surface area contributed by atoms with Crippen LogP contribution in [0.15, 0.2) is 66.4 Å². The molecule has 26 heavy (non-hydrogen) atoms. The van der Waals surface area contributed by atoms with E-state index in [1.165, 1.54) is 0 Å². The minimum Gasteiger partial charge on any atom is -0.501 e. The molecule has 0 heterocycles. The number of carboxylic acids is 1. The fourth-order valence-electron chi connectivity index (χ4n) is 2.79. The van der Waals surface area contributed by atoms with Gasteiger partial charge in [0.15, 0.2) is 0 Å². The average molecular weight is 352 g/mol. The van der Waals surface area contributed by atoms with Crippen molar-refractivity contribution < 1.29 is 19.7 Å². The molecule has 2 N–H and O–H groups in total. The maximum atomic E-state index is 11.6. The molecule has 0 fully saturated rings. The number of aliphatic hydroxyl groups excluding tert-OH is 1. The Morgan fingerprint density at radius 2 is 1.77 bits per heavy atom. The number of hydrogen-bond acceptors (Lipinski definition) is 3. The first kappa shape index (κ1) is 19.5. The van der Waals surface area contributed by atoms with E-state index in [2.05, 4.69) is 6.58 Å². The highest BCUT2D eigenvalue weighted by Gasteiger charge is 2.18. The Morgan fingerprint density at radius 3 is 2.31 bits per heavy atom. The van der Waals surface area contributed by atoms with Crippen molar-refractivity contribution in [1.82, 2.24) is 0 Å². The second kappa shape index (κ2) is 8.50. The van der Waals surface area contributed by atoms with Crippen LogP contribution in [0.25, 0.3) is 5.57 Å². The second-order valence-electron chi connectivity index (χ2n) is 6.24. The first-order valence-corrected chi connectivity index (χ1v) is 8.35. The zero-order chi connectivity index (χ0) is 19.3. The van der Waals surface area contributed by atoms with Crippen molar-refractivity contribution in [2.24, 2.45) is 0 Å². The molecule has 2 aromatic carbocycles. The summed E-state index contributed by atoms with van der Waals surface area (Å²) >= 11 is 0. The van der Waals surface area contributed by atoms with Crippen LogP contribution >= 0.6 is 0 Å². The van der Waals surface area contributed by atoms with Gasteiger partial charge in [-0.3, -0.25) is 0 Å². The van der Waals surface area contributed by atoms with E-state index >= 15 is 0 Å². The van der Waals surface area contributed by atoms with Gasteiger partial charge >= 0.3 is 5.97 Å². The summed E-state index contributed by atoms with van der Waals surface area (Å²) in [4.78, 5) is 11.6. The Morgan fingerprint density at radius 1 is 1.12 bits per heavy atom. The van der Waals surface area contributed by atoms with Crippen LogP contribution in [0.4, 0.5) is 0 Å². The van der Waals surface area contributed by atoms with Gasteiger partial charge in [0, 0.05) is 12.0 Å². The number of allylic oxidation sites excluding steroid dienone is 1. The van der Waals surface area contributed by atoms with Gasteiger partial charge < -0.3 is 14.9 Å². The summed E-state index contributed by atoms with van der Waals surface area (Å²) in [5.41, 5.74) is 4.03. The third kappa shape index (κ3) is 4.41. The van der Waals surface area contributed by atoms with Gasteiger partial charge in [-0.05, 0) is 36.6 Å². The van der Waals surface area contributed by atoms with E-state index in [4.69, 9.17) is 4.74 Å². The molecule has 136 valence electrons. The molecule has 1 unspecified atom stereocenters. The van der Waals surface area contributed by atoms with Crippen LogP contribution in [0.3, 0.4) is 0 Å². The number of aliphatic hydroxyl groups is 1. The molecule has 2 aromatic rings. The number of ether oxygens (including phenoxy) is 1. The van der Waals surface area contributed by atoms with Crippen LogP contribution in [0.2, 0.25) is 0 Å². The highest BCUT2D eigenvalue weighted by atomic mass is 16.5. The molecule has 0 aromatic heterocycles. The smallest absolute Gasteiger partial charge is 0.335 e. The largest absolute Gasteiger partial charge is 0.501 e. The standard InChI is InChI=1S/C22H24O4/c1-14(2)20(23)13-18-12-17(10-11-19(18)22(24)25)21(15(3)26-4)16-8-6-5-7-9-16/h5-12,20,23H,1,13H2,2-4H3,(H,24,25)/b21-15+. The minimum absolute atomic E-state index is 0.177. The number of benzene rings is 2. The molecule has 0 saturated carbocycles. The number of carboxylic acid groups (broad SMARTS) is 1. The summed E-state index contributed by atoms with van der Waals surface area (Å²) < 4.78 is 5.46.